The van der Waals surface area contributed by atoms with Crippen LogP contribution in [0.2, 0.25) is 0 Å². The number of aryl methyl sites for hydroxylation is 1. The topological polar surface area (TPSA) is 0 Å². The summed E-state index contributed by atoms with van der Waals surface area (Å²) in [6, 6.07) is 3.07. The van der Waals surface area contributed by atoms with Crippen LogP contribution in [0.15, 0.2) is 12.1 Å². The second-order valence-corrected chi connectivity index (χ2v) is 4.56. The fourth-order valence-electron chi connectivity index (χ4n) is 1.99. The first kappa shape index (κ1) is 14.7. The highest BCUT2D eigenvalue weighted by atomic mass is 19.2. The smallest absolute Gasteiger partial charge is 0.174 e. The van der Waals surface area contributed by atoms with Crippen LogP contribution in [0.25, 0.3) is 0 Å². The maximum atomic E-state index is 13.6. The van der Waals surface area contributed by atoms with E-state index in [9.17, 15) is 8.78 Å². The van der Waals surface area contributed by atoms with E-state index in [2.05, 4.69) is 12.8 Å². The quantitative estimate of drug-likeness (QED) is 0.479. The van der Waals surface area contributed by atoms with Gasteiger partial charge in [-0.3, -0.25) is 0 Å². The minimum Gasteiger partial charge on any atom is -0.203 e. The molecule has 0 spiro atoms. The zero-order valence-electron chi connectivity index (χ0n) is 10.9. The standard InChI is InChI=1S/C16H20F2/c1-3-5-6-7-8-9-10-14-12-11-13(4-2)15(17)16(14)18/h2,11-12H,3,5-10H2,1H3. The first-order chi connectivity index (χ1) is 8.70. The monoisotopic (exact) mass is 250 g/mol. The summed E-state index contributed by atoms with van der Waals surface area (Å²) >= 11 is 0. The lowest BCUT2D eigenvalue weighted by Gasteiger charge is -2.05. The van der Waals surface area contributed by atoms with Crippen LogP contribution >= 0.6 is 0 Å². The molecular formula is C16H20F2. The Bertz CT molecular complexity index is 416. The van der Waals surface area contributed by atoms with E-state index >= 15 is 0 Å². The highest BCUT2D eigenvalue weighted by Gasteiger charge is 2.11. The molecule has 0 bridgehead atoms. The highest BCUT2D eigenvalue weighted by Crippen LogP contribution is 2.18. The SMILES string of the molecule is C#Cc1ccc(CCCCCCCC)c(F)c1F. The molecule has 0 unspecified atom stereocenters. The maximum Gasteiger partial charge on any atom is 0.174 e. The number of hydrogen-bond acceptors (Lipinski definition) is 0. The van der Waals surface area contributed by atoms with Crippen molar-refractivity contribution in [3.05, 3.63) is 34.9 Å². The zero-order chi connectivity index (χ0) is 13.4. The molecule has 0 aromatic heterocycles. The fourth-order valence-corrected chi connectivity index (χ4v) is 1.99. The van der Waals surface area contributed by atoms with Gasteiger partial charge in [0.25, 0.3) is 0 Å². The first-order valence-electron chi connectivity index (χ1n) is 6.64. The van der Waals surface area contributed by atoms with Gasteiger partial charge in [-0.05, 0) is 24.5 Å². The lowest BCUT2D eigenvalue weighted by atomic mass is 10.0. The van der Waals surface area contributed by atoms with E-state index in [1.54, 1.807) is 6.07 Å². The Morgan fingerprint density at radius 3 is 2.33 bits per heavy atom. The molecule has 1 rings (SSSR count). The van der Waals surface area contributed by atoms with Crippen molar-refractivity contribution >= 4 is 0 Å². The van der Waals surface area contributed by atoms with Crippen LogP contribution < -0.4 is 0 Å². The molecule has 1 aromatic rings. The summed E-state index contributed by atoms with van der Waals surface area (Å²) in [5.74, 6) is 0.472. The fraction of sp³-hybridized carbons (Fsp3) is 0.500. The molecule has 18 heavy (non-hydrogen) atoms. The number of halogens is 2. The minimum absolute atomic E-state index is 0.000745. The van der Waals surface area contributed by atoms with Crippen molar-refractivity contribution in [2.75, 3.05) is 0 Å². The van der Waals surface area contributed by atoms with Crippen LogP contribution in [0.5, 0.6) is 0 Å². The Labute approximate surface area is 108 Å². The molecule has 0 heterocycles. The molecule has 0 saturated carbocycles. The van der Waals surface area contributed by atoms with Crippen molar-refractivity contribution in [2.45, 2.75) is 51.9 Å². The lowest BCUT2D eigenvalue weighted by molar-refractivity contribution is 0.493. The van der Waals surface area contributed by atoms with Crippen LogP contribution in [0.1, 0.15) is 56.6 Å². The molecule has 2 heteroatoms. The van der Waals surface area contributed by atoms with Crippen LogP contribution in [0, 0.1) is 24.0 Å². The molecule has 0 aliphatic heterocycles. The largest absolute Gasteiger partial charge is 0.203 e. The Kier molecular flexibility index (Phi) is 6.43. The maximum absolute atomic E-state index is 13.6. The molecule has 98 valence electrons. The molecule has 0 N–H and O–H groups in total. The summed E-state index contributed by atoms with van der Waals surface area (Å²) in [4.78, 5) is 0. The van der Waals surface area contributed by atoms with Gasteiger partial charge in [0.1, 0.15) is 0 Å². The zero-order valence-corrected chi connectivity index (χ0v) is 10.9. The van der Waals surface area contributed by atoms with Crippen molar-refractivity contribution in [3.63, 3.8) is 0 Å². The molecule has 0 nitrogen and oxygen atoms in total. The average molecular weight is 250 g/mol. The molecule has 0 amide bonds. The van der Waals surface area contributed by atoms with Gasteiger partial charge in [0.15, 0.2) is 11.6 Å². The lowest BCUT2D eigenvalue weighted by Crippen LogP contribution is -1.97. The number of terminal acetylenes is 1. The second kappa shape index (κ2) is 7.87. The van der Waals surface area contributed by atoms with Gasteiger partial charge in [0.05, 0.1) is 5.56 Å². The van der Waals surface area contributed by atoms with Crippen LogP contribution in [0.3, 0.4) is 0 Å². The summed E-state index contributed by atoms with van der Waals surface area (Å²) in [7, 11) is 0. The average Bonchev–Trinajstić information content (AvgIpc) is 2.38. The van der Waals surface area contributed by atoms with Crippen molar-refractivity contribution in [2.24, 2.45) is 0 Å². The van der Waals surface area contributed by atoms with Crippen LogP contribution in [0.4, 0.5) is 8.78 Å². The summed E-state index contributed by atoms with van der Waals surface area (Å²) in [5.41, 5.74) is 0.432. The Morgan fingerprint density at radius 1 is 1.00 bits per heavy atom. The van der Waals surface area contributed by atoms with E-state index in [1.807, 2.05) is 0 Å². The Hall–Kier alpha value is -1.36. The number of benzene rings is 1. The third-order valence-electron chi connectivity index (χ3n) is 3.12. The summed E-state index contributed by atoms with van der Waals surface area (Å²) in [6.45, 7) is 2.17. The van der Waals surface area contributed by atoms with E-state index in [0.29, 0.717) is 12.0 Å². The highest BCUT2D eigenvalue weighted by molar-refractivity contribution is 5.37. The number of hydrogen-bond donors (Lipinski definition) is 0. The van der Waals surface area contributed by atoms with Gasteiger partial charge in [-0.2, -0.15) is 0 Å². The van der Waals surface area contributed by atoms with Crippen molar-refractivity contribution in [1.29, 1.82) is 0 Å². The van der Waals surface area contributed by atoms with Gasteiger partial charge in [-0.25, -0.2) is 8.78 Å². The van der Waals surface area contributed by atoms with Gasteiger partial charge >= 0.3 is 0 Å². The summed E-state index contributed by atoms with van der Waals surface area (Å²) < 4.78 is 27.0. The third kappa shape index (κ3) is 4.14. The number of rotatable bonds is 7. The molecule has 0 atom stereocenters. The van der Waals surface area contributed by atoms with Crippen LogP contribution in [-0.4, -0.2) is 0 Å². The van der Waals surface area contributed by atoms with Gasteiger partial charge in [0, 0.05) is 0 Å². The van der Waals surface area contributed by atoms with Gasteiger partial charge in [-0.1, -0.05) is 51.0 Å². The predicted molar refractivity (Wildman–Crippen MR) is 71.4 cm³/mol. The van der Waals surface area contributed by atoms with E-state index in [0.717, 1.165) is 12.8 Å². The van der Waals surface area contributed by atoms with E-state index in [1.165, 1.54) is 31.7 Å². The normalized spacial score (nSPS) is 10.3. The second-order valence-electron chi connectivity index (χ2n) is 4.56. The summed E-state index contributed by atoms with van der Waals surface area (Å²) in [6.07, 6.45) is 12.5. The summed E-state index contributed by atoms with van der Waals surface area (Å²) in [5, 5.41) is 0. The predicted octanol–water partition coefficient (Wildman–Crippen LogP) is 4.85. The van der Waals surface area contributed by atoms with Gasteiger partial charge in [0.2, 0.25) is 0 Å². The molecule has 0 aliphatic carbocycles. The van der Waals surface area contributed by atoms with Gasteiger partial charge < -0.3 is 0 Å². The van der Waals surface area contributed by atoms with Crippen molar-refractivity contribution < 1.29 is 8.78 Å². The first-order valence-corrected chi connectivity index (χ1v) is 6.64. The molecular weight excluding hydrogens is 230 g/mol. The molecule has 0 aliphatic rings. The van der Waals surface area contributed by atoms with E-state index < -0.39 is 11.6 Å². The van der Waals surface area contributed by atoms with E-state index in [-0.39, 0.29) is 5.56 Å². The van der Waals surface area contributed by atoms with Crippen LogP contribution in [-0.2, 0) is 6.42 Å². The number of unbranched alkanes of at least 4 members (excludes halogenated alkanes) is 5. The molecule has 1 aromatic carbocycles. The van der Waals surface area contributed by atoms with Crippen molar-refractivity contribution in [1.82, 2.24) is 0 Å². The van der Waals surface area contributed by atoms with Crippen molar-refractivity contribution in [3.8, 4) is 12.3 Å². The molecule has 0 fully saturated rings. The minimum atomic E-state index is -0.888. The Morgan fingerprint density at radius 2 is 1.67 bits per heavy atom. The third-order valence-corrected chi connectivity index (χ3v) is 3.12. The Balaban J connectivity index is 2.44. The van der Waals surface area contributed by atoms with Gasteiger partial charge in [-0.15, -0.1) is 6.42 Å². The molecule has 0 saturated heterocycles. The molecule has 0 radical (unpaired) electrons. The van der Waals surface area contributed by atoms with E-state index in [4.69, 9.17) is 6.42 Å².